The molecule has 1 saturated heterocycles. The lowest BCUT2D eigenvalue weighted by atomic mass is 9.97. The van der Waals surface area contributed by atoms with E-state index < -0.39 is 0 Å². The Morgan fingerprint density at radius 3 is 3.10 bits per heavy atom. The Hall–Kier alpha value is -1.17. The van der Waals surface area contributed by atoms with Crippen LogP contribution in [0.2, 0.25) is 0 Å². The van der Waals surface area contributed by atoms with E-state index in [9.17, 15) is 0 Å². The molecule has 2 atom stereocenters. The van der Waals surface area contributed by atoms with E-state index in [-0.39, 0.29) is 6.10 Å². The third-order valence-corrected chi connectivity index (χ3v) is 4.77. The smallest absolute Gasteiger partial charge is 0.0896 e. The molecule has 3 heterocycles. The van der Waals surface area contributed by atoms with Gasteiger partial charge in [0.2, 0.25) is 0 Å². The number of aryl methyl sites for hydroxylation is 2. The molecule has 1 aliphatic rings. The minimum Gasteiger partial charge on any atom is -0.373 e. The lowest BCUT2D eigenvalue weighted by Crippen LogP contribution is -2.24. The summed E-state index contributed by atoms with van der Waals surface area (Å²) in [6.45, 7) is 4.95. The molecule has 4 nitrogen and oxygen atoms in total. The Kier molecular flexibility index (Phi) is 4.19. The van der Waals surface area contributed by atoms with Crippen molar-refractivity contribution in [2.45, 2.75) is 26.0 Å². The van der Waals surface area contributed by atoms with Gasteiger partial charge in [0.25, 0.3) is 0 Å². The van der Waals surface area contributed by atoms with Gasteiger partial charge >= 0.3 is 0 Å². The Bertz CT molecular complexity index is 563. The van der Waals surface area contributed by atoms with E-state index >= 15 is 0 Å². The van der Waals surface area contributed by atoms with E-state index in [1.807, 2.05) is 29.3 Å². The van der Waals surface area contributed by atoms with Crippen molar-refractivity contribution in [2.75, 3.05) is 13.2 Å². The molecule has 3 rings (SSSR count). The largest absolute Gasteiger partial charge is 0.373 e. The molecule has 0 saturated carbocycles. The van der Waals surface area contributed by atoms with Crippen molar-refractivity contribution in [1.29, 1.82) is 0 Å². The average Bonchev–Trinajstić information content (AvgIpc) is 3.11. The van der Waals surface area contributed by atoms with E-state index in [4.69, 9.17) is 4.74 Å². The highest BCUT2D eigenvalue weighted by molar-refractivity contribution is 7.11. The molecule has 108 valence electrons. The van der Waals surface area contributed by atoms with Gasteiger partial charge in [-0.15, -0.1) is 11.3 Å². The van der Waals surface area contributed by atoms with Gasteiger partial charge in [-0.2, -0.15) is 5.10 Å². The van der Waals surface area contributed by atoms with Gasteiger partial charge in [-0.3, -0.25) is 4.68 Å². The molecule has 5 heteroatoms. The second-order valence-electron chi connectivity index (χ2n) is 5.43. The van der Waals surface area contributed by atoms with Crippen molar-refractivity contribution in [3.8, 4) is 0 Å². The molecule has 0 bridgehead atoms. The Labute approximate surface area is 123 Å². The fourth-order valence-electron chi connectivity index (χ4n) is 2.76. The highest BCUT2D eigenvalue weighted by Crippen LogP contribution is 2.33. The van der Waals surface area contributed by atoms with Gasteiger partial charge in [-0.25, -0.2) is 0 Å². The predicted molar refractivity (Wildman–Crippen MR) is 80.8 cm³/mol. The normalized spacial score (nSPS) is 22.5. The summed E-state index contributed by atoms with van der Waals surface area (Å²) in [6, 6.07) is 4.38. The molecule has 0 amide bonds. The van der Waals surface area contributed by atoms with Crippen LogP contribution in [0.3, 0.4) is 0 Å². The van der Waals surface area contributed by atoms with Crippen molar-refractivity contribution >= 4 is 11.3 Å². The Morgan fingerprint density at radius 2 is 2.40 bits per heavy atom. The van der Waals surface area contributed by atoms with Crippen molar-refractivity contribution < 1.29 is 4.74 Å². The minimum atomic E-state index is 0.196. The van der Waals surface area contributed by atoms with Gasteiger partial charge in [-0.1, -0.05) is 0 Å². The first-order chi connectivity index (χ1) is 9.72. The topological polar surface area (TPSA) is 39.1 Å². The first-order valence-corrected chi connectivity index (χ1v) is 7.90. The monoisotopic (exact) mass is 291 g/mol. The van der Waals surface area contributed by atoms with Gasteiger partial charge in [0.15, 0.2) is 0 Å². The maximum atomic E-state index is 5.88. The summed E-state index contributed by atoms with van der Waals surface area (Å²) in [4.78, 5) is 2.78. The van der Waals surface area contributed by atoms with Crippen molar-refractivity contribution in [1.82, 2.24) is 15.1 Å². The summed E-state index contributed by atoms with van der Waals surface area (Å²) in [5.41, 5.74) is 1.20. The molecule has 2 aromatic heterocycles. The molecule has 2 aromatic rings. The molecule has 1 N–H and O–H groups in total. The second-order valence-corrected chi connectivity index (χ2v) is 6.80. The fourth-order valence-corrected chi connectivity index (χ4v) is 3.62. The molecule has 20 heavy (non-hydrogen) atoms. The number of ether oxygens (including phenoxy) is 1. The van der Waals surface area contributed by atoms with Crippen LogP contribution in [0.15, 0.2) is 24.5 Å². The van der Waals surface area contributed by atoms with Crippen molar-refractivity contribution in [3.05, 3.63) is 39.8 Å². The highest BCUT2D eigenvalue weighted by atomic mass is 32.1. The molecule has 0 aromatic carbocycles. The Morgan fingerprint density at radius 1 is 1.50 bits per heavy atom. The van der Waals surface area contributed by atoms with Crippen LogP contribution >= 0.6 is 11.3 Å². The first kappa shape index (κ1) is 13.8. The molecule has 1 fully saturated rings. The van der Waals surface area contributed by atoms with E-state index in [0.717, 1.165) is 26.1 Å². The maximum Gasteiger partial charge on any atom is 0.0896 e. The van der Waals surface area contributed by atoms with Gasteiger partial charge in [0.05, 0.1) is 12.3 Å². The van der Waals surface area contributed by atoms with Crippen LogP contribution in [0.1, 0.15) is 27.8 Å². The SMILES string of the molecule is Cc1ccc(CNC[C@H]2CCO[C@@H]2c2cnn(C)c2)s1. The van der Waals surface area contributed by atoms with E-state index in [1.165, 1.54) is 15.3 Å². The zero-order valence-corrected chi connectivity index (χ0v) is 12.8. The third kappa shape index (κ3) is 3.11. The van der Waals surface area contributed by atoms with E-state index in [0.29, 0.717) is 5.92 Å². The van der Waals surface area contributed by atoms with E-state index in [1.54, 1.807) is 0 Å². The second kappa shape index (κ2) is 6.08. The van der Waals surface area contributed by atoms with E-state index in [2.05, 4.69) is 35.7 Å². The summed E-state index contributed by atoms with van der Waals surface area (Å²) in [5, 5.41) is 7.81. The first-order valence-electron chi connectivity index (χ1n) is 7.08. The summed E-state index contributed by atoms with van der Waals surface area (Å²) in [7, 11) is 1.95. The van der Waals surface area contributed by atoms with Crippen LogP contribution in [-0.4, -0.2) is 22.9 Å². The summed E-state index contributed by atoms with van der Waals surface area (Å²) in [5.74, 6) is 0.542. The van der Waals surface area contributed by atoms with Crippen LogP contribution < -0.4 is 5.32 Å². The number of rotatable bonds is 5. The zero-order valence-electron chi connectivity index (χ0n) is 12.0. The Balaban J connectivity index is 1.54. The number of aromatic nitrogens is 2. The number of hydrogen-bond donors (Lipinski definition) is 1. The van der Waals surface area contributed by atoms with Crippen LogP contribution in [0.25, 0.3) is 0 Å². The van der Waals surface area contributed by atoms with Crippen molar-refractivity contribution in [3.63, 3.8) is 0 Å². The molecular weight excluding hydrogens is 270 g/mol. The molecule has 1 aliphatic heterocycles. The predicted octanol–water partition coefficient (Wildman–Crippen LogP) is 2.66. The quantitative estimate of drug-likeness (QED) is 0.920. The number of hydrogen-bond acceptors (Lipinski definition) is 4. The lowest BCUT2D eigenvalue weighted by Gasteiger charge is -2.17. The maximum absolute atomic E-state index is 5.88. The number of nitrogens with zero attached hydrogens (tertiary/aromatic N) is 2. The molecular formula is C15H21N3OS. The highest BCUT2D eigenvalue weighted by Gasteiger charge is 2.30. The minimum absolute atomic E-state index is 0.196. The third-order valence-electron chi connectivity index (χ3n) is 3.77. The lowest BCUT2D eigenvalue weighted by molar-refractivity contribution is 0.0904. The van der Waals surface area contributed by atoms with Crippen LogP contribution in [0, 0.1) is 12.8 Å². The molecule has 0 radical (unpaired) electrons. The molecule has 0 spiro atoms. The number of nitrogens with one attached hydrogen (secondary N) is 1. The van der Waals surface area contributed by atoms with Gasteiger partial charge < -0.3 is 10.1 Å². The number of thiophene rings is 1. The summed E-state index contributed by atoms with van der Waals surface area (Å²) >= 11 is 1.86. The standard InChI is InChI=1S/C15H21N3OS/c1-11-3-4-14(20-11)9-16-7-12-5-6-19-15(12)13-8-17-18(2)10-13/h3-4,8,10,12,15-16H,5-7,9H2,1-2H3/t12-,15+/m1/s1. The molecule has 0 aliphatic carbocycles. The van der Waals surface area contributed by atoms with Crippen LogP contribution in [-0.2, 0) is 18.3 Å². The van der Waals surface area contributed by atoms with Crippen LogP contribution in [0.5, 0.6) is 0 Å². The van der Waals surface area contributed by atoms with Crippen molar-refractivity contribution in [2.24, 2.45) is 13.0 Å². The average molecular weight is 291 g/mol. The summed E-state index contributed by atoms with van der Waals surface area (Å²) in [6.07, 6.45) is 5.30. The van der Waals surface area contributed by atoms with Gasteiger partial charge in [0, 0.05) is 54.2 Å². The van der Waals surface area contributed by atoms with Crippen LogP contribution in [0.4, 0.5) is 0 Å². The fraction of sp³-hybridized carbons (Fsp3) is 0.533. The van der Waals surface area contributed by atoms with Gasteiger partial charge in [-0.05, 0) is 25.5 Å². The summed E-state index contributed by atoms with van der Waals surface area (Å²) < 4.78 is 7.72. The molecule has 0 unspecified atom stereocenters. The van der Waals surface area contributed by atoms with Gasteiger partial charge in [0.1, 0.15) is 0 Å². The zero-order chi connectivity index (χ0) is 13.9.